The lowest BCUT2D eigenvalue weighted by Crippen LogP contribution is -1.89. The van der Waals surface area contributed by atoms with E-state index in [0.717, 1.165) is 21.7 Å². The van der Waals surface area contributed by atoms with Crippen LogP contribution in [-0.2, 0) is 0 Å². The molecule has 5 heteroatoms. The molecule has 1 aromatic heterocycles. The Morgan fingerprint density at radius 3 is 2.75 bits per heavy atom. The Balaban J connectivity index is 1.87. The van der Waals surface area contributed by atoms with E-state index < -0.39 is 0 Å². The maximum absolute atomic E-state index is 5.48. The average molecular weight is 283 g/mol. The third-order valence-electron chi connectivity index (χ3n) is 2.67. The summed E-state index contributed by atoms with van der Waals surface area (Å²) in [5.74, 6) is 0.857. The fraction of sp³-hybridized carbons (Fsp3) is 0.133. The molecule has 0 atom stereocenters. The molecule has 2 aromatic carbocycles. The highest BCUT2D eigenvalue weighted by atomic mass is 32.1. The normalized spacial score (nSPS) is 11.2. The highest BCUT2D eigenvalue weighted by molar-refractivity contribution is 7.21. The van der Waals surface area contributed by atoms with Gasteiger partial charge in [-0.1, -0.05) is 29.5 Å². The predicted octanol–water partition coefficient (Wildman–Crippen LogP) is 5.11. The average Bonchev–Trinajstić information content (AvgIpc) is 2.89. The molecule has 0 N–H and O–H groups in total. The van der Waals surface area contributed by atoms with Gasteiger partial charge in [-0.3, -0.25) is 0 Å². The highest BCUT2D eigenvalue weighted by Gasteiger charge is 2.04. The number of aromatic nitrogens is 1. The van der Waals surface area contributed by atoms with E-state index in [9.17, 15) is 0 Å². The third-order valence-corrected chi connectivity index (χ3v) is 3.57. The standard InChI is InChI=1S/C15H13N3OS/c1-2-19-12-8-9-13-14(10-12)20-15(16-13)18-17-11-6-4-3-5-7-11/h3-10H,2H2,1H3. The van der Waals surface area contributed by atoms with Crippen LogP contribution >= 0.6 is 11.3 Å². The Bertz CT molecular complexity index is 737. The van der Waals surface area contributed by atoms with Crippen molar-refractivity contribution in [2.45, 2.75) is 6.92 Å². The van der Waals surface area contributed by atoms with Crippen LogP contribution in [0.15, 0.2) is 58.8 Å². The molecule has 0 aliphatic rings. The summed E-state index contributed by atoms with van der Waals surface area (Å²) in [4.78, 5) is 4.43. The van der Waals surface area contributed by atoms with Gasteiger partial charge in [-0.05, 0) is 37.3 Å². The van der Waals surface area contributed by atoms with Crippen molar-refractivity contribution < 1.29 is 4.74 Å². The van der Waals surface area contributed by atoms with Crippen molar-refractivity contribution in [3.63, 3.8) is 0 Å². The Hall–Kier alpha value is -2.27. The van der Waals surface area contributed by atoms with Crippen molar-refractivity contribution in [1.29, 1.82) is 0 Å². The largest absolute Gasteiger partial charge is 0.494 e. The maximum Gasteiger partial charge on any atom is 0.231 e. The minimum absolute atomic E-state index is 0.650. The van der Waals surface area contributed by atoms with Gasteiger partial charge in [-0.15, -0.1) is 10.2 Å². The quantitative estimate of drug-likeness (QED) is 0.624. The molecule has 0 unspecified atom stereocenters. The molecule has 4 nitrogen and oxygen atoms in total. The topological polar surface area (TPSA) is 46.8 Å². The molecule has 3 rings (SSSR count). The number of hydrogen-bond donors (Lipinski definition) is 0. The summed E-state index contributed by atoms with van der Waals surface area (Å²) in [5.41, 5.74) is 1.74. The molecular formula is C15H13N3OS. The molecule has 0 amide bonds. The van der Waals surface area contributed by atoms with Crippen LogP contribution < -0.4 is 4.74 Å². The number of hydrogen-bond acceptors (Lipinski definition) is 5. The van der Waals surface area contributed by atoms with E-state index in [-0.39, 0.29) is 0 Å². The second-order valence-corrected chi connectivity index (χ2v) is 5.10. The van der Waals surface area contributed by atoms with Gasteiger partial charge in [-0.25, -0.2) is 4.98 Å². The Morgan fingerprint density at radius 2 is 1.95 bits per heavy atom. The lowest BCUT2D eigenvalue weighted by atomic mass is 10.3. The number of benzene rings is 2. The van der Waals surface area contributed by atoms with Crippen molar-refractivity contribution in [1.82, 2.24) is 4.98 Å². The molecule has 100 valence electrons. The molecule has 3 aromatic rings. The zero-order valence-corrected chi connectivity index (χ0v) is 11.8. The van der Waals surface area contributed by atoms with Crippen molar-refractivity contribution in [2.24, 2.45) is 10.2 Å². The van der Waals surface area contributed by atoms with Gasteiger partial charge in [-0.2, -0.15) is 0 Å². The first kappa shape index (κ1) is 12.7. The van der Waals surface area contributed by atoms with Gasteiger partial charge < -0.3 is 4.74 Å². The Kier molecular flexibility index (Phi) is 3.69. The smallest absolute Gasteiger partial charge is 0.231 e. The van der Waals surface area contributed by atoms with Crippen LogP contribution in [0.4, 0.5) is 10.8 Å². The van der Waals surface area contributed by atoms with E-state index in [0.29, 0.717) is 11.7 Å². The summed E-state index contributed by atoms with van der Waals surface area (Å²) < 4.78 is 6.53. The minimum Gasteiger partial charge on any atom is -0.494 e. The van der Waals surface area contributed by atoms with Crippen LogP contribution in [0, 0.1) is 0 Å². The number of nitrogens with zero attached hydrogens (tertiary/aromatic N) is 3. The highest BCUT2D eigenvalue weighted by Crippen LogP contribution is 2.31. The lowest BCUT2D eigenvalue weighted by molar-refractivity contribution is 0.341. The van der Waals surface area contributed by atoms with E-state index in [2.05, 4.69) is 15.2 Å². The molecule has 0 saturated carbocycles. The first-order chi connectivity index (χ1) is 9.85. The van der Waals surface area contributed by atoms with E-state index in [4.69, 9.17) is 4.74 Å². The fourth-order valence-corrected chi connectivity index (χ4v) is 2.60. The Morgan fingerprint density at radius 1 is 1.10 bits per heavy atom. The second-order valence-electron chi connectivity index (χ2n) is 4.09. The van der Waals surface area contributed by atoms with Crippen LogP contribution in [0.3, 0.4) is 0 Å². The molecule has 20 heavy (non-hydrogen) atoms. The maximum atomic E-state index is 5.48. The fourth-order valence-electron chi connectivity index (χ4n) is 1.79. The van der Waals surface area contributed by atoms with Gasteiger partial charge in [0.15, 0.2) is 0 Å². The van der Waals surface area contributed by atoms with Gasteiger partial charge >= 0.3 is 0 Å². The third kappa shape index (κ3) is 2.83. The van der Waals surface area contributed by atoms with Gasteiger partial charge in [0.1, 0.15) is 5.75 Å². The molecule has 0 radical (unpaired) electrons. The van der Waals surface area contributed by atoms with Crippen molar-refractivity contribution >= 4 is 32.4 Å². The zero-order valence-electron chi connectivity index (χ0n) is 11.0. The molecule has 0 saturated heterocycles. The summed E-state index contributed by atoms with van der Waals surface area (Å²) in [6.07, 6.45) is 0. The molecule has 1 heterocycles. The van der Waals surface area contributed by atoms with Gasteiger partial charge in [0, 0.05) is 0 Å². The number of fused-ring (bicyclic) bond motifs is 1. The van der Waals surface area contributed by atoms with Crippen LogP contribution in [0.25, 0.3) is 10.2 Å². The van der Waals surface area contributed by atoms with Gasteiger partial charge in [0.05, 0.1) is 22.5 Å². The SMILES string of the molecule is CCOc1ccc2nc(N=Nc3ccccc3)sc2c1. The van der Waals surface area contributed by atoms with Crippen LogP contribution in [0.1, 0.15) is 6.92 Å². The van der Waals surface area contributed by atoms with Gasteiger partial charge in [0.2, 0.25) is 5.13 Å². The summed E-state index contributed by atoms with van der Waals surface area (Å²) in [6, 6.07) is 15.5. The van der Waals surface area contributed by atoms with Crippen molar-refractivity contribution in [3.05, 3.63) is 48.5 Å². The molecule has 0 bridgehead atoms. The minimum atomic E-state index is 0.650. The van der Waals surface area contributed by atoms with Crippen LogP contribution in [0.5, 0.6) is 5.75 Å². The van der Waals surface area contributed by atoms with Crippen molar-refractivity contribution in [3.8, 4) is 5.75 Å². The van der Waals surface area contributed by atoms with E-state index in [1.54, 1.807) is 0 Å². The summed E-state index contributed by atoms with van der Waals surface area (Å²) in [7, 11) is 0. The summed E-state index contributed by atoms with van der Waals surface area (Å²) in [5, 5.41) is 9.00. The van der Waals surface area contributed by atoms with E-state index in [1.165, 1.54) is 11.3 Å². The summed E-state index contributed by atoms with van der Waals surface area (Å²) in [6.45, 7) is 2.63. The predicted molar refractivity (Wildman–Crippen MR) is 81.4 cm³/mol. The zero-order chi connectivity index (χ0) is 13.8. The Labute approximate surface area is 120 Å². The van der Waals surface area contributed by atoms with Crippen LogP contribution in [0.2, 0.25) is 0 Å². The molecule has 0 aliphatic heterocycles. The van der Waals surface area contributed by atoms with E-state index in [1.807, 2.05) is 55.5 Å². The van der Waals surface area contributed by atoms with E-state index >= 15 is 0 Å². The monoisotopic (exact) mass is 283 g/mol. The first-order valence-electron chi connectivity index (χ1n) is 6.35. The number of rotatable bonds is 4. The molecular weight excluding hydrogens is 270 g/mol. The lowest BCUT2D eigenvalue weighted by Gasteiger charge is -2.00. The second kappa shape index (κ2) is 5.79. The first-order valence-corrected chi connectivity index (χ1v) is 7.17. The molecule has 0 fully saturated rings. The summed E-state index contributed by atoms with van der Waals surface area (Å²) >= 11 is 1.51. The molecule has 0 aliphatic carbocycles. The van der Waals surface area contributed by atoms with Crippen LogP contribution in [-0.4, -0.2) is 11.6 Å². The van der Waals surface area contributed by atoms with Gasteiger partial charge in [0.25, 0.3) is 0 Å². The molecule has 0 spiro atoms. The van der Waals surface area contributed by atoms with Crippen molar-refractivity contribution in [2.75, 3.05) is 6.61 Å². The number of thiazole rings is 1. The number of ether oxygens (including phenoxy) is 1. The number of azo groups is 1.